The summed E-state index contributed by atoms with van der Waals surface area (Å²) < 4.78 is 39.4. The molecule has 3 heterocycles. The van der Waals surface area contributed by atoms with Gasteiger partial charge in [-0.05, 0) is 36.2 Å². The Kier molecular flexibility index (Phi) is 5.34. The first kappa shape index (κ1) is 21.7. The van der Waals surface area contributed by atoms with E-state index in [2.05, 4.69) is 25.5 Å². The van der Waals surface area contributed by atoms with Gasteiger partial charge in [0.05, 0.1) is 34.2 Å². The van der Waals surface area contributed by atoms with E-state index in [0.717, 1.165) is 11.8 Å². The van der Waals surface area contributed by atoms with Gasteiger partial charge in [0.1, 0.15) is 6.54 Å². The summed E-state index contributed by atoms with van der Waals surface area (Å²) in [7, 11) is -3.33. The minimum Gasteiger partial charge on any atom is -0.324 e. The van der Waals surface area contributed by atoms with Gasteiger partial charge in [-0.25, -0.2) is 23.6 Å². The summed E-state index contributed by atoms with van der Waals surface area (Å²) in [5, 5.41) is 10.4. The molecule has 4 aromatic rings. The highest BCUT2D eigenvalue weighted by atomic mass is 32.2. The third-order valence-electron chi connectivity index (χ3n) is 5.50. The molecular weight excluding hydrogens is 463 g/mol. The first-order chi connectivity index (χ1) is 16.4. The van der Waals surface area contributed by atoms with Crippen molar-refractivity contribution in [2.45, 2.75) is 11.3 Å². The van der Waals surface area contributed by atoms with E-state index in [1.54, 1.807) is 36.5 Å². The van der Waals surface area contributed by atoms with Crippen LogP contribution in [0.5, 0.6) is 0 Å². The Morgan fingerprint density at radius 1 is 1.24 bits per heavy atom. The van der Waals surface area contributed by atoms with Crippen LogP contribution >= 0.6 is 0 Å². The number of nitrogens with one attached hydrogen (secondary N) is 3. The van der Waals surface area contributed by atoms with E-state index in [0.29, 0.717) is 28.7 Å². The van der Waals surface area contributed by atoms with Crippen LogP contribution < -0.4 is 21.5 Å². The van der Waals surface area contributed by atoms with Crippen molar-refractivity contribution in [3.05, 3.63) is 60.2 Å². The average Bonchev–Trinajstić information content (AvgIpc) is 3.43. The fourth-order valence-corrected chi connectivity index (χ4v) is 5.46. The zero-order valence-electron chi connectivity index (χ0n) is 17.6. The molecule has 0 aliphatic carbocycles. The number of anilines is 4. The molecule has 1 amide bonds. The highest BCUT2D eigenvalue weighted by molar-refractivity contribution is 7.91. The van der Waals surface area contributed by atoms with Crippen molar-refractivity contribution in [3.8, 4) is 0 Å². The lowest BCUT2D eigenvalue weighted by Crippen LogP contribution is -2.39. The first-order valence-corrected chi connectivity index (χ1v) is 11.9. The normalized spacial score (nSPS) is 14.1. The lowest BCUT2D eigenvalue weighted by Gasteiger charge is -2.24. The summed E-state index contributed by atoms with van der Waals surface area (Å²) in [6, 6.07) is 10.2. The van der Waals surface area contributed by atoms with E-state index in [1.807, 2.05) is 5.43 Å². The Hall–Kier alpha value is -4.10. The number of aromatic nitrogens is 4. The van der Waals surface area contributed by atoms with Crippen molar-refractivity contribution in [1.29, 1.82) is 0 Å². The number of aryl methyl sites for hydroxylation is 1. The monoisotopic (exact) mass is 482 g/mol. The van der Waals surface area contributed by atoms with Gasteiger partial charge in [-0.2, -0.15) is 10.1 Å². The number of halogens is 1. The van der Waals surface area contributed by atoms with Crippen LogP contribution in [-0.4, -0.2) is 46.8 Å². The molecule has 0 unspecified atom stereocenters. The molecule has 174 valence electrons. The SMILES string of the molecule is NNC(=O)CN(c1nc(Nc2ccc3c(c2)S(=O)(=O)CC3)ncc1F)c1cccc2[nH]ncc12. The van der Waals surface area contributed by atoms with Crippen LogP contribution in [-0.2, 0) is 21.1 Å². The molecule has 34 heavy (non-hydrogen) atoms. The Morgan fingerprint density at radius 3 is 2.91 bits per heavy atom. The van der Waals surface area contributed by atoms with Gasteiger partial charge in [0.15, 0.2) is 21.5 Å². The minimum atomic E-state index is -3.33. The van der Waals surface area contributed by atoms with Crippen molar-refractivity contribution in [3.63, 3.8) is 0 Å². The van der Waals surface area contributed by atoms with E-state index in [-0.39, 0.29) is 29.0 Å². The molecule has 2 aromatic heterocycles. The Bertz CT molecular complexity index is 1520. The molecule has 0 spiro atoms. The summed E-state index contributed by atoms with van der Waals surface area (Å²) in [5.41, 5.74) is 4.38. The number of nitrogens with two attached hydrogens (primary N) is 1. The van der Waals surface area contributed by atoms with Crippen molar-refractivity contribution in [2.24, 2.45) is 5.84 Å². The Labute approximate surface area is 193 Å². The number of aromatic amines is 1. The number of nitrogens with zero attached hydrogens (tertiary/aromatic N) is 4. The van der Waals surface area contributed by atoms with Crippen LogP contribution in [0.25, 0.3) is 10.9 Å². The largest absolute Gasteiger partial charge is 0.324 e. The molecule has 1 aliphatic heterocycles. The molecule has 0 fully saturated rings. The number of amides is 1. The van der Waals surface area contributed by atoms with E-state index >= 15 is 0 Å². The molecule has 0 saturated carbocycles. The topological polar surface area (TPSA) is 159 Å². The predicted molar refractivity (Wildman–Crippen MR) is 123 cm³/mol. The number of carbonyl (C=O) groups is 1. The lowest BCUT2D eigenvalue weighted by atomic mass is 10.1. The molecule has 0 atom stereocenters. The number of hydrogen-bond acceptors (Lipinski definition) is 9. The zero-order chi connectivity index (χ0) is 23.9. The number of hydrazine groups is 1. The van der Waals surface area contributed by atoms with E-state index in [9.17, 15) is 17.6 Å². The van der Waals surface area contributed by atoms with E-state index in [1.165, 1.54) is 11.0 Å². The van der Waals surface area contributed by atoms with Crippen molar-refractivity contribution in [1.82, 2.24) is 25.6 Å². The van der Waals surface area contributed by atoms with Crippen LogP contribution in [0.15, 0.2) is 53.7 Å². The average molecular weight is 483 g/mol. The van der Waals surface area contributed by atoms with Gasteiger partial charge in [-0.1, -0.05) is 12.1 Å². The van der Waals surface area contributed by atoms with Gasteiger partial charge in [0, 0.05) is 11.1 Å². The highest BCUT2D eigenvalue weighted by Crippen LogP contribution is 2.33. The quantitative estimate of drug-likeness (QED) is 0.182. The second kappa shape index (κ2) is 8.35. The molecule has 1 aliphatic rings. The maximum atomic E-state index is 14.9. The third kappa shape index (κ3) is 3.91. The van der Waals surface area contributed by atoms with Crippen LogP contribution in [0.2, 0.25) is 0 Å². The van der Waals surface area contributed by atoms with Gasteiger partial charge < -0.3 is 10.2 Å². The molecule has 11 nitrogen and oxygen atoms in total. The van der Waals surface area contributed by atoms with Gasteiger partial charge in [-0.3, -0.25) is 15.3 Å². The van der Waals surface area contributed by atoms with Crippen LogP contribution in [0.1, 0.15) is 5.56 Å². The summed E-state index contributed by atoms with van der Waals surface area (Å²) >= 11 is 0. The molecule has 5 N–H and O–H groups in total. The fourth-order valence-electron chi connectivity index (χ4n) is 3.87. The number of H-pyrrole nitrogens is 1. The lowest BCUT2D eigenvalue weighted by molar-refractivity contribution is -0.119. The number of sulfone groups is 1. The van der Waals surface area contributed by atoms with E-state index in [4.69, 9.17) is 5.84 Å². The number of fused-ring (bicyclic) bond motifs is 2. The second-order valence-corrected chi connectivity index (χ2v) is 9.72. The second-order valence-electron chi connectivity index (χ2n) is 7.64. The maximum Gasteiger partial charge on any atom is 0.253 e. The van der Waals surface area contributed by atoms with Crippen molar-refractivity contribution in [2.75, 3.05) is 22.5 Å². The van der Waals surface area contributed by atoms with Gasteiger partial charge in [-0.15, -0.1) is 0 Å². The summed E-state index contributed by atoms with van der Waals surface area (Å²) in [6.45, 7) is -0.328. The first-order valence-electron chi connectivity index (χ1n) is 10.2. The highest BCUT2D eigenvalue weighted by Gasteiger charge is 2.26. The number of benzene rings is 2. The fraction of sp³-hybridized carbons (Fsp3) is 0.143. The Balaban J connectivity index is 1.55. The maximum absolute atomic E-state index is 14.9. The van der Waals surface area contributed by atoms with Crippen molar-refractivity contribution < 1.29 is 17.6 Å². The van der Waals surface area contributed by atoms with Crippen LogP contribution in [0.4, 0.5) is 27.5 Å². The third-order valence-corrected chi connectivity index (χ3v) is 7.29. The smallest absolute Gasteiger partial charge is 0.253 e. The number of hydrogen-bond donors (Lipinski definition) is 4. The number of rotatable bonds is 6. The molecule has 0 radical (unpaired) electrons. The molecule has 0 saturated heterocycles. The molecule has 2 aromatic carbocycles. The van der Waals surface area contributed by atoms with E-state index < -0.39 is 21.6 Å². The van der Waals surface area contributed by atoms with Crippen LogP contribution in [0, 0.1) is 5.82 Å². The number of carbonyl (C=O) groups excluding carboxylic acids is 1. The molecule has 13 heteroatoms. The van der Waals surface area contributed by atoms with Gasteiger partial charge in [0.2, 0.25) is 5.95 Å². The summed E-state index contributed by atoms with van der Waals surface area (Å²) in [6.07, 6.45) is 2.99. The standard InChI is InChI=1S/C21H19FN8O3S/c22-15-10-24-21(26-13-5-4-12-6-7-34(32,33)18(12)8-13)27-20(15)30(11-19(31)28-23)17-3-1-2-16-14(17)9-25-29-16/h1-5,8-10H,6-7,11,23H2,(H,25,29)(H,28,31)(H,24,26,27). The van der Waals surface area contributed by atoms with Gasteiger partial charge in [0.25, 0.3) is 5.91 Å². The molecule has 0 bridgehead atoms. The molecular formula is C21H19FN8O3S. The van der Waals surface area contributed by atoms with Crippen LogP contribution in [0.3, 0.4) is 0 Å². The predicted octanol–water partition coefficient (Wildman–Crippen LogP) is 1.69. The van der Waals surface area contributed by atoms with Crippen molar-refractivity contribution >= 4 is 49.8 Å². The minimum absolute atomic E-state index is 0.0178. The summed E-state index contributed by atoms with van der Waals surface area (Å²) in [4.78, 5) is 22.0. The summed E-state index contributed by atoms with van der Waals surface area (Å²) in [5.74, 6) is 3.84. The zero-order valence-corrected chi connectivity index (χ0v) is 18.4. The van der Waals surface area contributed by atoms with Gasteiger partial charge >= 0.3 is 0 Å². The molecule has 5 rings (SSSR count). The Morgan fingerprint density at radius 2 is 2.09 bits per heavy atom.